The second-order valence-corrected chi connectivity index (χ2v) is 5.19. The monoisotopic (exact) mass is 322 g/mol. The van der Waals surface area contributed by atoms with Gasteiger partial charge in [-0.05, 0) is 17.1 Å². The zero-order valence-corrected chi connectivity index (χ0v) is 12.2. The van der Waals surface area contributed by atoms with Crippen molar-refractivity contribution in [1.29, 1.82) is 0 Å². The van der Waals surface area contributed by atoms with Gasteiger partial charge in [0, 0.05) is 27.8 Å². The fraction of sp³-hybridized carbons (Fsp3) is 0.0667. The van der Waals surface area contributed by atoms with Crippen LogP contribution in [0.4, 0.5) is 4.39 Å². The van der Waals surface area contributed by atoms with Gasteiger partial charge in [-0.15, -0.1) is 0 Å². The molecule has 6 heteroatoms. The Morgan fingerprint density at radius 3 is 2.48 bits per heavy atom. The van der Waals surface area contributed by atoms with Gasteiger partial charge in [-0.25, -0.2) is 9.12 Å². The molecular formula is C15H9Cl2FN2O. The first kappa shape index (κ1) is 14.0. The molecule has 0 fully saturated rings. The number of aromatic nitrogens is 2. The number of benzene rings is 2. The summed E-state index contributed by atoms with van der Waals surface area (Å²) in [5.41, 5.74) is 1.55. The third-order valence-electron chi connectivity index (χ3n) is 3.23. The highest BCUT2D eigenvalue weighted by Gasteiger charge is 2.22. The molecule has 0 saturated heterocycles. The minimum Gasteiger partial charge on any atom is -0.709 e. The molecule has 1 heterocycles. The maximum absolute atomic E-state index is 13.4. The molecular weight excluding hydrogens is 314 g/mol. The first-order chi connectivity index (χ1) is 10.1. The van der Waals surface area contributed by atoms with Crippen LogP contribution in [0.2, 0.25) is 10.3 Å². The summed E-state index contributed by atoms with van der Waals surface area (Å²) in [5, 5.41) is 12.7. The molecule has 0 aliphatic carbocycles. The maximum atomic E-state index is 13.4. The Morgan fingerprint density at radius 2 is 1.81 bits per heavy atom. The van der Waals surface area contributed by atoms with Crippen molar-refractivity contribution in [3.8, 4) is 11.3 Å². The minimum atomic E-state index is -0.792. The van der Waals surface area contributed by atoms with Gasteiger partial charge in [-0.2, -0.15) is 0 Å². The van der Waals surface area contributed by atoms with E-state index in [-0.39, 0.29) is 21.6 Å². The summed E-state index contributed by atoms with van der Waals surface area (Å²) in [5.74, 6) is 0. The van der Waals surface area contributed by atoms with Gasteiger partial charge in [-0.3, -0.25) is 0 Å². The first-order valence-electron chi connectivity index (χ1n) is 6.15. The highest BCUT2D eigenvalue weighted by molar-refractivity contribution is 6.32. The molecule has 2 aromatic carbocycles. The Balaban J connectivity index is 2.51. The number of fused-ring (bicyclic) bond motifs is 1. The van der Waals surface area contributed by atoms with E-state index in [1.165, 1.54) is 0 Å². The van der Waals surface area contributed by atoms with Crippen molar-refractivity contribution in [2.75, 3.05) is 0 Å². The average Bonchev–Trinajstić information content (AvgIpc) is 2.50. The number of hydrogen-bond acceptors (Lipinski definition) is 2. The van der Waals surface area contributed by atoms with Crippen LogP contribution in [-0.4, -0.2) is 4.98 Å². The zero-order valence-electron chi connectivity index (χ0n) is 10.7. The summed E-state index contributed by atoms with van der Waals surface area (Å²) in [7, 11) is 0. The number of halogens is 3. The van der Waals surface area contributed by atoms with Crippen molar-refractivity contribution in [2.24, 2.45) is 0 Å². The van der Waals surface area contributed by atoms with E-state index in [1.807, 2.05) is 6.07 Å². The molecule has 0 unspecified atom stereocenters. The number of hydrogen-bond donors (Lipinski definition) is 0. The predicted molar refractivity (Wildman–Crippen MR) is 81.0 cm³/mol. The molecule has 0 N–H and O–H groups in total. The zero-order chi connectivity index (χ0) is 15.0. The topological polar surface area (TPSA) is 39.8 Å². The Morgan fingerprint density at radius 1 is 1.10 bits per heavy atom. The van der Waals surface area contributed by atoms with Crippen LogP contribution in [0.1, 0.15) is 5.56 Å². The second kappa shape index (κ2) is 5.47. The van der Waals surface area contributed by atoms with Gasteiger partial charge < -0.3 is 5.21 Å². The Hall–Kier alpha value is -1.91. The summed E-state index contributed by atoms with van der Waals surface area (Å²) >= 11 is 11.9. The maximum Gasteiger partial charge on any atom is 0.400 e. The van der Waals surface area contributed by atoms with E-state index in [2.05, 4.69) is 4.98 Å². The summed E-state index contributed by atoms with van der Waals surface area (Å²) in [6, 6.07) is 12.1. The van der Waals surface area contributed by atoms with Crippen LogP contribution in [0.15, 0.2) is 42.5 Å². The van der Waals surface area contributed by atoms with Crippen LogP contribution in [0.25, 0.3) is 22.2 Å². The van der Waals surface area contributed by atoms with Crippen molar-refractivity contribution >= 4 is 34.1 Å². The van der Waals surface area contributed by atoms with E-state index in [4.69, 9.17) is 23.2 Å². The molecule has 106 valence electrons. The van der Waals surface area contributed by atoms with Crippen LogP contribution in [0.3, 0.4) is 0 Å². The van der Waals surface area contributed by atoms with E-state index in [9.17, 15) is 9.60 Å². The lowest BCUT2D eigenvalue weighted by Crippen LogP contribution is -2.32. The van der Waals surface area contributed by atoms with Crippen LogP contribution in [0, 0.1) is 5.21 Å². The first-order valence-corrected chi connectivity index (χ1v) is 6.90. The highest BCUT2D eigenvalue weighted by Crippen LogP contribution is 2.33. The van der Waals surface area contributed by atoms with Crippen molar-refractivity contribution in [1.82, 2.24) is 4.98 Å². The fourth-order valence-electron chi connectivity index (χ4n) is 2.29. The van der Waals surface area contributed by atoms with Gasteiger partial charge in [0.1, 0.15) is 6.67 Å². The summed E-state index contributed by atoms with van der Waals surface area (Å²) in [4.78, 5) is 4.00. The van der Waals surface area contributed by atoms with Crippen LogP contribution < -0.4 is 4.73 Å². The van der Waals surface area contributed by atoms with E-state index < -0.39 is 6.67 Å². The molecule has 3 nitrogen and oxygen atoms in total. The molecule has 0 spiro atoms. The molecule has 3 aromatic rings. The summed E-state index contributed by atoms with van der Waals surface area (Å²) in [6.45, 7) is -0.792. The van der Waals surface area contributed by atoms with Crippen LogP contribution in [-0.2, 0) is 6.67 Å². The number of nitrogens with zero attached hydrogens (tertiary/aromatic N) is 2. The highest BCUT2D eigenvalue weighted by atomic mass is 35.5. The number of rotatable bonds is 2. The lowest BCUT2D eigenvalue weighted by molar-refractivity contribution is -0.593. The fourth-order valence-corrected chi connectivity index (χ4v) is 2.68. The van der Waals surface area contributed by atoms with Gasteiger partial charge in [-0.1, -0.05) is 41.9 Å². The molecule has 0 aliphatic rings. The van der Waals surface area contributed by atoms with Crippen LogP contribution in [0.5, 0.6) is 0 Å². The summed E-state index contributed by atoms with van der Waals surface area (Å²) < 4.78 is 13.9. The Kier molecular flexibility index (Phi) is 3.66. The van der Waals surface area contributed by atoms with Crippen molar-refractivity contribution in [2.45, 2.75) is 6.67 Å². The SMILES string of the molecule is [O-][n+]1c(Cl)nc2ccc(Cl)c(CF)c2c1-c1ccccc1. The normalized spacial score (nSPS) is 11.0. The Bertz CT molecular complexity index is 825. The average molecular weight is 323 g/mol. The number of alkyl halides is 1. The largest absolute Gasteiger partial charge is 0.709 e. The quantitative estimate of drug-likeness (QED) is 0.400. The summed E-state index contributed by atoms with van der Waals surface area (Å²) in [6.07, 6.45) is 0. The van der Waals surface area contributed by atoms with Crippen molar-refractivity contribution in [3.63, 3.8) is 0 Å². The van der Waals surface area contributed by atoms with E-state index in [1.54, 1.807) is 36.4 Å². The molecule has 0 amide bonds. The third kappa shape index (κ3) is 2.30. The molecule has 21 heavy (non-hydrogen) atoms. The van der Waals surface area contributed by atoms with Crippen molar-refractivity contribution < 1.29 is 9.12 Å². The molecule has 0 radical (unpaired) electrons. The smallest absolute Gasteiger partial charge is 0.400 e. The second-order valence-electron chi connectivity index (χ2n) is 4.44. The standard InChI is InChI=1S/C15H9Cl2FN2O/c16-11-6-7-12-13(10(11)8-18)14(20(21)15(17)19-12)9-4-2-1-3-5-9/h1-7H,8H2. The molecule has 0 atom stereocenters. The third-order valence-corrected chi connectivity index (χ3v) is 3.83. The van der Waals surface area contributed by atoms with Gasteiger partial charge >= 0.3 is 5.28 Å². The molecule has 0 aliphatic heterocycles. The molecule has 1 aromatic heterocycles. The van der Waals surface area contributed by atoms with Crippen LogP contribution >= 0.6 is 23.2 Å². The van der Waals surface area contributed by atoms with Gasteiger partial charge in [0.05, 0.1) is 5.39 Å². The molecule has 0 saturated carbocycles. The van der Waals surface area contributed by atoms with E-state index in [0.717, 1.165) is 0 Å². The van der Waals surface area contributed by atoms with Gasteiger partial charge in [0.25, 0.3) is 0 Å². The predicted octanol–water partition coefficient (Wildman–Crippen LogP) is 4.31. The molecule has 3 rings (SSSR count). The lowest BCUT2D eigenvalue weighted by atomic mass is 10.0. The molecule has 0 bridgehead atoms. The van der Waals surface area contributed by atoms with Gasteiger partial charge in [0.15, 0.2) is 11.2 Å². The minimum absolute atomic E-state index is 0.214. The van der Waals surface area contributed by atoms with Gasteiger partial charge in [0.2, 0.25) is 0 Å². The van der Waals surface area contributed by atoms with E-state index in [0.29, 0.717) is 21.2 Å². The lowest BCUT2D eigenvalue weighted by Gasteiger charge is -2.14. The Labute approximate surface area is 130 Å². The van der Waals surface area contributed by atoms with Crippen molar-refractivity contribution in [3.05, 3.63) is 63.5 Å². The van der Waals surface area contributed by atoms with E-state index >= 15 is 0 Å².